The average molecular weight is 511 g/mol. The minimum Gasteiger partial charge on any atom is -0.349 e. The van der Waals surface area contributed by atoms with Crippen molar-refractivity contribution in [2.24, 2.45) is 0 Å². The number of alkyl halides is 2. The summed E-state index contributed by atoms with van der Waals surface area (Å²) in [6.07, 6.45) is -0.355. The highest BCUT2D eigenvalue weighted by Gasteiger charge is 2.31. The lowest BCUT2D eigenvalue weighted by Gasteiger charge is -2.15. The van der Waals surface area contributed by atoms with E-state index < -0.39 is 11.8 Å². The molecule has 0 radical (unpaired) electrons. The number of aromatic amines is 1. The molecule has 4 rings (SSSR count). The number of carbonyl (C=O) groups is 1. The lowest BCUT2D eigenvalue weighted by atomic mass is 9.94. The Bertz CT molecular complexity index is 1440. The number of imidazole rings is 1. The molecule has 1 aromatic heterocycles. The first kappa shape index (κ1) is 25.4. The van der Waals surface area contributed by atoms with Gasteiger partial charge in [0.2, 0.25) is 0 Å². The van der Waals surface area contributed by atoms with Gasteiger partial charge in [-0.25, -0.2) is 13.8 Å². The van der Waals surface area contributed by atoms with E-state index in [9.17, 15) is 18.8 Å². The maximum atomic E-state index is 14.1. The van der Waals surface area contributed by atoms with Gasteiger partial charge in [0.1, 0.15) is 0 Å². The molecule has 4 aromatic rings. The highest BCUT2D eigenvalue weighted by Crippen LogP contribution is 2.36. The Kier molecular flexibility index (Phi) is 6.87. The summed E-state index contributed by atoms with van der Waals surface area (Å²) >= 11 is 6.54. The van der Waals surface area contributed by atoms with Gasteiger partial charge >= 0.3 is 11.7 Å². The molecule has 1 heterocycles. The molecule has 5 nitrogen and oxygen atoms in total. The number of benzene rings is 3. The molecule has 0 saturated carbocycles. The highest BCUT2D eigenvalue weighted by atomic mass is 35.5. The van der Waals surface area contributed by atoms with Gasteiger partial charge in [-0.3, -0.25) is 4.79 Å². The zero-order chi connectivity index (χ0) is 26.2. The van der Waals surface area contributed by atoms with Gasteiger partial charge < -0.3 is 10.5 Å². The third kappa shape index (κ3) is 4.71. The van der Waals surface area contributed by atoms with Crippen molar-refractivity contribution in [3.8, 4) is 22.5 Å². The van der Waals surface area contributed by atoms with Crippen molar-refractivity contribution in [3.05, 3.63) is 93.8 Å². The van der Waals surface area contributed by atoms with Crippen molar-refractivity contribution in [3.63, 3.8) is 0 Å². The smallest absolute Gasteiger partial charge is 0.327 e. The molecule has 0 fully saturated rings. The summed E-state index contributed by atoms with van der Waals surface area (Å²) in [5.41, 5.74) is 4.92. The van der Waals surface area contributed by atoms with E-state index in [1.165, 1.54) is 31.2 Å². The molecule has 0 unspecified atom stereocenters. The molecule has 0 spiro atoms. The molecule has 0 aliphatic heterocycles. The van der Waals surface area contributed by atoms with Crippen LogP contribution in [0.1, 0.15) is 46.2 Å². The number of nitrogens with zero attached hydrogens (tertiary/aromatic N) is 1. The molecule has 0 bridgehead atoms. The van der Waals surface area contributed by atoms with E-state index in [0.717, 1.165) is 27.0 Å². The number of aryl methyl sites for hydroxylation is 3. The van der Waals surface area contributed by atoms with Gasteiger partial charge in [-0.2, -0.15) is 0 Å². The summed E-state index contributed by atoms with van der Waals surface area (Å²) < 4.78 is 29.0. The second-order valence-corrected chi connectivity index (χ2v) is 9.22. The number of amides is 1. The molecule has 3 aromatic carbocycles. The fraction of sp³-hybridized carbons (Fsp3) is 0.214. The summed E-state index contributed by atoms with van der Waals surface area (Å²) in [5.74, 6) is -3.36. The van der Waals surface area contributed by atoms with Crippen LogP contribution in [-0.4, -0.2) is 16.1 Å². The van der Waals surface area contributed by atoms with Crippen molar-refractivity contribution in [1.82, 2.24) is 4.98 Å². The molecule has 1 amide bonds. The maximum absolute atomic E-state index is 14.1. The van der Waals surface area contributed by atoms with Crippen molar-refractivity contribution in [1.29, 1.82) is 0 Å². The van der Waals surface area contributed by atoms with Crippen LogP contribution in [0.4, 0.5) is 14.5 Å². The van der Waals surface area contributed by atoms with E-state index >= 15 is 0 Å². The predicted molar refractivity (Wildman–Crippen MR) is 137 cm³/mol. The van der Waals surface area contributed by atoms with E-state index in [2.05, 4.69) is 10.3 Å². The molecular formula is C28H27ClF2N3O2+. The van der Waals surface area contributed by atoms with Crippen molar-refractivity contribution in [2.45, 2.75) is 40.0 Å². The third-order valence-corrected chi connectivity index (χ3v) is 6.61. The SMILES string of the molecule is CCC(F)(F)c1cccc(NC(=O)c2c(C)[nH]c(-c3ccc(Cl)c(-c4c(C)cccc4C)c3)[n+]2O)c1. The van der Waals surface area contributed by atoms with Gasteiger partial charge in [-0.05, 0) is 65.6 Å². The standard InChI is InChI=1S/C28H26ClF2N3O2/c1-5-28(30,31)20-10-7-11-21(15-20)33-27(35)25-18(4)32-26(34(25)36)19-12-13-23(29)22(14-19)24-16(2)8-6-9-17(24)3/h6-15,36H,5H2,1-4H3,(H,33,35)/p+1. The number of anilines is 1. The van der Waals surface area contributed by atoms with Crippen LogP contribution < -0.4 is 10.0 Å². The number of hydrogen-bond acceptors (Lipinski definition) is 2. The summed E-state index contributed by atoms with van der Waals surface area (Å²) in [7, 11) is 0. The highest BCUT2D eigenvalue weighted by molar-refractivity contribution is 6.33. The fourth-order valence-electron chi connectivity index (χ4n) is 4.34. The monoisotopic (exact) mass is 510 g/mol. The Morgan fingerprint density at radius 1 is 1.06 bits per heavy atom. The average Bonchev–Trinajstić information content (AvgIpc) is 3.14. The van der Waals surface area contributed by atoms with E-state index in [1.807, 2.05) is 38.1 Å². The molecule has 0 aliphatic rings. The van der Waals surface area contributed by atoms with Crippen LogP contribution in [0.15, 0.2) is 60.7 Å². The molecule has 186 valence electrons. The van der Waals surface area contributed by atoms with Gasteiger partial charge in [-0.1, -0.05) is 48.9 Å². The number of hydrogen-bond donors (Lipinski definition) is 3. The number of aromatic nitrogens is 2. The van der Waals surface area contributed by atoms with Crippen molar-refractivity contribution >= 4 is 23.2 Å². The van der Waals surface area contributed by atoms with Crippen molar-refractivity contribution < 1.29 is 23.5 Å². The fourth-order valence-corrected chi connectivity index (χ4v) is 4.56. The predicted octanol–water partition coefficient (Wildman–Crippen LogP) is 7.21. The normalized spacial score (nSPS) is 11.5. The number of H-pyrrole nitrogens is 1. The molecule has 36 heavy (non-hydrogen) atoms. The van der Waals surface area contributed by atoms with Crippen molar-refractivity contribution in [2.75, 3.05) is 5.32 Å². The Labute approximate surface area is 213 Å². The van der Waals surface area contributed by atoms with Gasteiger partial charge in [0.05, 0.1) is 5.56 Å². The van der Waals surface area contributed by atoms with E-state index in [-0.39, 0.29) is 29.2 Å². The second kappa shape index (κ2) is 9.74. The molecule has 0 atom stereocenters. The van der Waals surface area contributed by atoms with Crippen LogP contribution in [0.5, 0.6) is 0 Å². The number of halogens is 3. The summed E-state index contributed by atoms with van der Waals surface area (Å²) in [6.45, 7) is 7.05. The first-order valence-corrected chi connectivity index (χ1v) is 11.9. The summed E-state index contributed by atoms with van der Waals surface area (Å²) in [4.78, 5) is 16.1. The number of rotatable bonds is 6. The maximum Gasteiger partial charge on any atom is 0.327 e. The zero-order valence-corrected chi connectivity index (χ0v) is 21.2. The lowest BCUT2D eigenvalue weighted by Crippen LogP contribution is -2.39. The summed E-state index contributed by atoms with van der Waals surface area (Å²) in [6, 6.07) is 16.9. The zero-order valence-electron chi connectivity index (χ0n) is 20.4. The van der Waals surface area contributed by atoms with Crippen LogP contribution >= 0.6 is 11.6 Å². The van der Waals surface area contributed by atoms with E-state index in [0.29, 0.717) is 16.3 Å². The Balaban J connectivity index is 1.70. The Morgan fingerprint density at radius 3 is 2.39 bits per heavy atom. The minimum absolute atomic E-state index is 0.0405. The largest absolute Gasteiger partial charge is 0.349 e. The van der Waals surface area contributed by atoms with Crippen LogP contribution in [0.25, 0.3) is 22.5 Å². The lowest BCUT2D eigenvalue weighted by molar-refractivity contribution is -0.896. The van der Waals surface area contributed by atoms with Gasteiger partial charge in [0.25, 0.3) is 11.6 Å². The number of nitrogens with one attached hydrogen (secondary N) is 2. The van der Waals surface area contributed by atoms with Gasteiger partial charge in [-0.15, -0.1) is 0 Å². The summed E-state index contributed by atoms with van der Waals surface area (Å²) in [5, 5.41) is 14.1. The quantitative estimate of drug-likeness (QED) is 0.189. The Hall–Kier alpha value is -3.71. The Morgan fingerprint density at radius 2 is 1.72 bits per heavy atom. The van der Waals surface area contributed by atoms with Crippen LogP contribution in [0, 0.1) is 20.8 Å². The van der Waals surface area contributed by atoms with Gasteiger partial charge in [0.15, 0.2) is 5.69 Å². The van der Waals surface area contributed by atoms with E-state index in [4.69, 9.17) is 11.6 Å². The third-order valence-electron chi connectivity index (χ3n) is 6.28. The molecular weight excluding hydrogens is 484 g/mol. The first-order valence-electron chi connectivity index (χ1n) is 11.5. The van der Waals surface area contributed by atoms with Crippen LogP contribution in [0.3, 0.4) is 0 Å². The molecule has 0 saturated heterocycles. The molecule has 0 aliphatic carbocycles. The molecule has 8 heteroatoms. The van der Waals surface area contributed by atoms with Crippen LogP contribution in [-0.2, 0) is 5.92 Å². The number of carbonyl (C=O) groups excluding carboxylic acids is 1. The van der Waals surface area contributed by atoms with E-state index in [1.54, 1.807) is 19.1 Å². The second-order valence-electron chi connectivity index (χ2n) is 8.81. The van der Waals surface area contributed by atoms with Gasteiger partial charge in [0, 0.05) is 35.2 Å². The molecule has 3 N–H and O–H groups in total. The minimum atomic E-state index is -3.00. The topological polar surface area (TPSA) is 69.0 Å². The van der Waals surface area contributed by atoms with Crippen LogP contribution in [0.2, 0.25) is 5.02 Å². The first-order chi connectivity index (χ1) is 17.0.